The number of phenolic OH excluding ortho intramolecular Hbond substituents is 1. The number of ether oxygens (including phenoxy) is 2. The number of rotatable bonds is 7. The molecular weight excluding hydrogens is 606 g/mol. The zero-order valence-corrected chi connectivity index (χ0v) is 26.2. The zero-order chi connectivity index (χ0) is 34.6. The van der Waals surface area contributed by atoms with E-state index in [0.29, 0.717) is 0 Å². The Kier molecular flexibility index (Phi) is 8.81. The van der Waals surface area contributed by atoms with Crippen LogP contribution in [0.2, 0.25) is 0 Å². The molecule has 0 spiro atoms. The molecule has 1 aromatic rings. The summed E-state index contributed by atoms with van der Waals surface area (Å²) in [4.78, 5) is 79.5. The molecule has 3 aliphatic carbocycles. The highest BCUT2D eigenvalue weighted by Crippen LogP contribution is 2.52. The Morgan fingerprint density at radius 3 is 2.24 bits per heavy atom. The van der Waals surface area contributed by atoms with E-state index in [0.717, 1.165) is 11.0 Å². The van der Waals surface area contributed by atoms with E-state index in [2.05, 4.69) is 0 Å². The maximum Gasteiger partial charge on any atom is 0.412 e. The highest BCUT2D eigenvalue weighted by atomic mass is 16.7. The van der Waals surface area contributed by atoms with Crippen molar-refractivity contribution in [2.45, 2.75) is 45.3 Å². The van der Waals surface area contributed by atoms with Gasteiger partial charge in [0.25, 0.3) is 5.91 Å². The van der Waals surface area contributed by atoms with Crippen LogP contribution in [0.4, 0.5) is 4.79 Å². The summed E-state index contributed by atoms with van der Waals surface area (Å²) < 4.78 is 9.83. The number of aliphatic hydroxyl groups is 3. The van der Waals surface area contributed by atoms with Gasteiger partial charge in [-0.2, -0.15) is 0 Å². The Hall–Kier alpha value is -4.76. The molecule has 0 fully saturated rings. The lowest BCUT2D eigenvalue weighted by Crippen LogP contribution is -2.63. The maximum absolute atomic E-state index is 13.8. The minimum absolute atomic E-state index is 0.0121. The van der Waals surface area contributed by atoms with Crippen molar-refractivity contribution in [3.05, 3.63) is 51.5 Å². The van der Waals surface area contributed by atoms with E-state index >= 15 is 0 Å². The van der Waals surface area contributed by atoms with Crippen LogP contribution in [0.25, 0.3) is 0 Å². The van der Waals surface area contributed by atoms with Crippen molar-refractivity contribution in [2.24, 2.45) is 23.0 Å². The fourth-order valence-corrected chi connectivity index (χ4v) is 6.34. The minimum atomic E-state index is -2.79. The fourth-order valence-electron chi connectivity index (χ4n) is 6.34. The standard InChI is InChI=1S/C31H37N3O12/c1-30(2,3)28(42)45-12-46-29(43)34(6)11-18(36)14-7-8-17(35)20-15(14)9-13-10-16-22(33(4)5)24(38)21(27(32)41)26(40)31(16,44)25(39)19(13)23(20)37/h7-8,13,16,22,35,38-39,44H,9-12H2,1-6H3,(H2,32,41)/t13-,16-,22-,31-/m0/s1. The summed E-state index contributed by atoms with van der Waals surface area (Å²) in [6.07, 6.45) is -1.24. The number of ketones is 3. The minimum Gasteiger partial charge on any atom is -0.510 e. The summed E-state index contributed by atoms with van der Waals surface area (Å²) in [5, 5.41) is 44.7. The van der Waals surface area contributed by atoms with Gasteiger partial charge in [0.1, 0.15) is 22.8 Å². The second kappa shape index (κ2) is 11.9. The summed E-state index contributed by atoms with van der Waals surface area (Å²) in [5.41, 5.74) is 0.196. The summed E-state index contributed by atoms with van der Waals surface area (Å²) in [6.45, 7) is 3.66. The molecular formula is C31H37N3O12. The van der Waals surface area contributed by atoms with Crippen LogP contribution in [-0.2, 0) is 30.3 Å². The van der Waals surface area contributed by atoms with Crippen LogP contribution in [0.5, 0.6) is 5.75 Å². The average molecular weight is 644 g/mol. The molecule has 0 aliphatic heterocycles. The zero-order valence-electron chi connectivity index (χ0n) is 26.2. The third-order valence-electron chi connectivity index (χ3n) is 8.58. The first kappa shape index (κ1) is 34.1. The van der Waals surface area contributed by atoms with Gasteiger partial charge in [0.15, 0.2) is 17.2 Å². The largest absolute Gasteiger partial charge is 0.510 e. The first-order chi connectivity index (χ1) is 21.2. The molecule has 4 atom stereocenters. The van der Waals surface area contributed by atoms with Crippen LogP contribution in [0.3, 0.4) is 0 Å². The van der Waals surface area contributed by atoms with Gasteiger partial charge >= 0.3 is 12.1 Å². The molecule has 1 aromatic carbocycles. The molecule has 6 N–H and O–H groups in total. The van der Waals surface area contributed by atoms with Crippen LogP contribution in [0.1, 0.15) is 53.5 Å². The number of fused-ring (bicyclic) bond motifs is 3. The molecule has 4 rings (SSSR count). The number of nitrogens with zero attached hydrogens (tertiary/aromatic N) is 2. The van der Waals surface area contributed by atoms with Crippen molar-refractivity contribution < 1.29 is 58.7 Å². The van der Waals surface area contributed by atoms with Crippen LogP contribution in [0, 0.1) is 17.3 Å². The second-order valence-corrected chi connectivity index (χ2v) is 12.9. The van der Waals surface area contributed by atoms with E-state index in [4.69, 9.17) is 15.2 Å². The van der Waals surface area contributed by atoms with Gasteiger partial charge in [0.05, 0.1) is 23.6 Å². The number of benzene rings is 1. The van der Waals surface area contributed by atoms with Gasteiger partial charge in [0.2, 0.25) is 12.6 Å². The number of primary amides is 1. The monoisotopic (exact) mass is 643 g/mol. The van der Waals surface area contributed by atoms with Gasteiger partial charge in [-0.25, -0.2) is 4.79 Å². The number of aliphatic hydroxyl groups excluding tert-OH is 2. The Labute approximate surface area is 263 Å². The maximum atomic E-state index is 13.8. The number of Topliss-reactive ketones (excluding diaryl/α,β-unsaturated/α-hetero) is 3. The SMILES string of the molecule is CN(CC(=O)c1ccc(O)c2c1C[C@H]1C[C@H]3[C@H](N(C)C)C(O)=C(C(N)=O)C(=O)[C@@]3(O)C(O)=C1C2=O)C(=O)OCOC(=O)C(C)(C)C. The number of phenols is 1. The highest BCUT2D eigenvalue weighted by Gasteiger charge is 2.63. The molecule has 3 aliphatic rings. The molecule has 0 bridgehead atoms. The molecule has 0 saturated carbocycles. The van der Waals surface area contributed by atoms with E-state index in [-0.39, 0.29) is 35.1 Å². The topological polar surface area (TPSA) is 234 Å². The van der Waals surface area contributed by atoms with Crippen molar-refractivity contribution in [3.63, 3.8) is 0 Å². The second-order valence-electron chi connectivity index (χ2n) is 12.9. The molecule has 248 valence electrons. The number of hydrogen-bond donors (Lipinski definition) is 5. The Morgan fingerprint density at radius 2 is 1.67 bits per heavy atom. The predicted molar refractivity (Wildman–Crippen MR) is 158 cm³/mol. The number of likely N-dealkylation sites (N-methyl/N-ethyl adjacent to an activating group) is 2. The first-order valence-corrected chi connectivity index (χ1v) is 14.3. The van der Waals surface area contributed by atoms with E-state index in [1.54, 1.807) is 20.8 Å². The Bertz CT molecular complexity index is 1620. The first-order valence-electron chi connectivity index (χ1n) is 14.3. The van der Waals surface area contributed by atoms with E-state index in [9.17, 15) is 49.2 Å². The van der Waals surface area contributed by atoms with Gasteiger partial charge < -0.3 is 40.5 Å². The van der Waals surface area contributed by atoms with Crippen molar-refractivity contribution in [3.8, 4) is 5.75 Å². The van der Waals surface area contributed by atoms with Crippen LogP contribution in [0.15, 0.2) is 34.8 Å². The van der Waals surface area contributed by atoms with Gasteiger partial charge in [0, 0.05) is 24.1 Å². The average Bonchev–Trinajstić information content (AvgIpc) is 2.93. The smallest absolute Gasteiger partial charge is 0.412 e. The van der Waals surface area contributed by atoms with E-state index in [1.807, 2.05) is 0 Å². The predicted octanol–water partition coefficient (Wildman–Crippen LogP) is 0.919. The molecule has 2 amide bonds. The van der Waals surface area contributed by atoms with Crippen molar-refractivity contribution in [2.75, 3.05) is 34.5 Å². The van der Waals surface area contributed by atoms with Crippen LogP contribution >= 0.6 is 0 Å². The third kappa shape index (κ3) is 5.49. The third-order valence-corrected chi connectivity index (χ3v) is 8.58. The summed E-state index contributed by atoms with van der Waals surface area (Å²) in [6, 6.07) is 1.20. The molecule has 0 radical (unpaired) electrons. The number of carbonyl (C=O) groups excluding carboxylic acids is 6. The van der Waals surface area contributed by atoms with Gasteiger partial charge in [-0.05, 0) is 71.3 Å². The summed E-state index contributed by atoms with van der Waals surface area (Å²) in [5.74, 6) is -9.27. The van der Waals surface area contributed by atoms with E-state index < -0.39 is 100 Å². The van der Waals surface area contributed by atoms with Crippen LogP contribution < -0.4 is 5.73 Å². The normalized spacial score (nSPS) is 24.2. The lowest BCUT2D eigenvalue weighted by Gasteiger charge is -2.50. The molecule has 46 heavy (non-hydrogen) atoms. The van der Waals surface area contributed by atoms with Gasteiger partial charge in [-0.1, -0.05) is 0 Å². The van der Waals surface area contributed by atoms with E-state index in [1.165, 1.54) is 32.1 Å². The van der Waals surface area contributed by atoms with Gasteiger partial charge in [-0.15, -0.1) is 0 Å². The number of amides is 2. The van der Waals surface area contributed by atoms with Crippen molar-refractivity contribution >= 4 is 35.3 Å². The number of allylic oxidation sites excluding steroid dienone is 1. The van der Waals surface area contributed by atoms with Crippen LogP contribution in [-0.4, -0.2) is 112 Å². The number of carbonyl (C=O) groups is 6. The molecule has 0 unspecified atom stereocenters. The van der Waals surface area contributed by atoms with Crippen molar-refractivity contribution in [1.82, 2.24) is 9.80 Å². The molecule has 0 saturated heterocycles. The van der Waals surface area contributed by atoms with Crippen molar-refractivity contribution in [1.29, 1.82) is 0 Å². The number of nitrogens with two attached hydrogens (primary N) is 1. The highest BCUT2D eigenvalue weighted by molar-refractivity contribution is 6.25. The number of aromatic hydroxyl groups is 1. The number of esters is 1. The number of hydrogen-bond acceptors (Lipinski definition) is 13. The lowest BCUT2D eigenvalue weighted by atomic mass is 9.58. The summed E-state index contributed by atoms with van der Waals surface area (Å²) in [7, 11) is 4.29. The fraction of sp³-hybridized carbons (Fsp3) is 0.484. The van der Waals surface area contributed by atoms with Gasteiger partial charge in [-0.3, -0.25) is 28.9 Å². The molecule has 15 nitrogen and oxygen atoms in total. The Morgan fingerprint density at radius 1 is 1.04 bits per heavy atom. The quantitative estimate of drug-likeness (QED) is 0.120. The lowest BCUT2D eigenvalue weighted by molar-refractivity contribution is -0.161. The summed E-state index contributed by atoms with van der Waals surface area (Å²) >= 11 is 0. The molecule has 15 heteroatoms. The molecule has 0 heterocycles. The molecule has 0 aromatic heterocycles. The Balaban J connectivity index is 1.67.